The van der Waals surface area contributed by atoms with Gasteiger partial charge in [0.15, 0.2) is 5.96 Å². The Morgan fingerprint density at radius 2 is 2.04 bits per heavy atom. The molecule has 0 amide bonds. The number of pyridine rings is 1. The monoisotopic (exact) mass is 436 g/mol. The molecule has 0 atom stereocenters. The van der Waals surface area contributed by atoms with Crippen LogP contribution in [0.25, 0.3) is 0 Å². The Morgan fingerprint density at radius 1 is 1.26 bits per heavy atom. The van der Waals surface area contributed by atoms with Crippen molar-refractivity contribution in [1.82, 2.24) is 15.6 Å². The second kappa shape index (κ2) is 13.4. The van der Waals surface area contributed by atoms with Crippen LogP contribution < -0.4 is 15.4 Å². The zero-order valence-electron chi connectivity index (χ0n) is 14.5. The summed E-state index contributed by atoms with van der Waals surface area (Å²) in [5.74, 6) is 1.43. The highest BCUT2D eigenvalue weighted by Crippen LogP contribution is 2.10. The van der Waals surface area contributed by atoms with Crippen LogP contribution in [0.4, 0.5) is 0 Å². The number of guanidine groups is 1. The number of aromatic nitrogens is 1. The average molecular weight is 436 g/mol. The van der Waals surface area contributed by atoms with E-state index >= 15 is 0 Å². The van der Waals surface area contributed by atoms with E-state index in [0.29, 0.717) is 19.0 Å². The maximum atomic E-state index is 5.52. The molecule has 0 aromatic carbocycles. The van der Waals surface area contributed by atoms with E-state index in [4.69, 9.17) is 9.47 Å². The van der Waals surface area contributed by atoms with Crippen molar-refractivity contribution in [3.05, 3.63) is 23.9 Å². The number of nitrogens with zero attached hydrogens (tertiary/aromatic N) is 2. The number of rotatable bonds is 9. The van der Waals surface area contributed by atoms with Gasteiger partial charge in [0.25, 0.3) is 0 Å². The van der Waals surface area contributed by atoms with Gasteiger partial charge in [-0.25, -0.2) is 9.98 Å². The van der Waals surface area contributed by atoms with Gasteiger partial charge in [-0.2, -0.15) is 0 Å². The van der Waals surface area contributed by atoms with Gasteiger partial charge in [-0.1, -0.05) is 6.07 Å². The third kappa shape index (κ3) is 10.3. The molecule has 6 nitrogen and oxygen atoms in total. The molecular formula is C16H29IN4O2. The number of nitrogens with one attached hydrogen (secondary N) is 2. The van der Waals surface area contributed by atoms with Crippen LogP contribution in [0.2, 0.25) is 0 Å². The first-order valence-electron chi connectivity index (χ1n) is 7.87. The lowest BCUT2D eigenvalue weighted by Crippen LogP contribution is -2.39. The molecule has 0 radical (unpaired) electrons. The van der Waals surface area contributed by atoms with Gasteiger partial charge in [-0.3, -0.25) is 0 Å². The molecule has 0 aliphatic carbocycles. The van der Waals surface area contributed by atoms with E-state index in [1.807, 2.05) is 39.8 Å². The third-order valence-electron chi connectivity index (χ3n) is 2.66. The van der Waals surface area contributed by atoms with Crippen LogP contribution in [-0.2, 0) is 11.3 Å². The minimum atomic E-state index is 0. The van der Waals surface area contributed by atoms with Gasteiger partial charge in [-0.05, 0) is 33.3 Å². The summed E-state index contributed by atoms with van der Waals surface area (Å²) in [6, 6.07) is 3.86. The topological polar surface area (TPSA) is 67.8 Å². The van der Waals surface area contributed by atoms with Crippen molar-refractivity contribution in [2.24, 2.45) is 4.99 Å². The Morgan fingerprint density at radius 3 is 2.61 bits per heavy atom. The van der Waals surface area contributed by atoms with Gasteiger partial charge in [0.05, 0.1) is 19.3 Å². The van der Waals surface area contributed by atoms with Crippen molar-refractivity contribution >= 4 is 29.9 Å². The predicted molar refractivity (Wildman–Crippen MR) is 105 cm³/mol. The van der Waals surface area contributed by atoms with E-state index in [-0.39, 0.29) is 30.1 Å². The summed E-state index contributed by atoms with van der Waals surface area (Å²) in [6.07, 6.45) is 1.93. The Labute approximate surface area is 156 Å². The molecular weight excluding hydrogens is 407 g/mol. The lowest BCUT2D eigenvalue weighted by Gasteiger charge is -2.11. The van der Waals surface area contributed by atoms with Crippen LogP contribution in [0.15, 0.2) is 23.3 Å². The normalized spacial score (nSPS) is 11.1. The van der Waals surface area contributed by atoms with Crippen LogP contribution in [0, 0.1) is 0 Å². The van der Waals surface area contributed by atoms with E-state index in [2.05, 4.69) is 20.6 Å². The fourth-order valence-electron chi connectivity index (χ4n) is 1.71. The second-order valence-electron chi connectivity index (χ2n) is 4.99. The van der Waals surface area contributed by atoms with Crippen molar-refractivity contribution in [1.29, 1.82) is 0 Å². The van der Waals surface area contributed by atoms with Crippen LogP contribution >= 0.6 is 24.0 Å². The van der Waals surface area contributed by atoms with Crippen molar-refractivity contribution in [3.8, 4) is 5.88 Å². The highest BCUT2D eigenvalue weighted by molar-refractivity contribution is 14.0. The summed E-state index contributed by atoms with van der Waals surface area (Å²) in [7, 11) is 0. The van der Waals surface area contributed by atoms with Gasteiger partial charge >= 0.3 is 0 Å². The Kier molecular flexibility index (Phi) is 12.7. The fourth-order valence-corrected chi connectivity index (χ4v) is 1.71. The first-order chi connectivity index (χ1) is 10.7. The zero-order chi connectivity index (χ0) is 16.2. The smallest absolute Gasteiger partial charge is 0.213 e. The minimum absolute atomic E-state index is 0. The lowest BCUT2D eigenvalue weighted by molar-refractivity contribution is 0.152. The van der Waals surface area contributed by atoms with Gasteiger partial charge in [-0.15, -0.1) is 24.0 Å². The lowest BCUT2D eigenvalue weighted by atomic mass is 10.3. The maximum absolute atomic E-state index is 5.52. The molecule has 1 rings (SSSR count). The summed E-state index contributed by atoms with van der Waals surface area (Å²) in [6.45, 7) is 11.5. The molecule has 0 spiro atoms. The molecule has 0 aliphatic rings. The van der Waals surface area contributed by atoms with Crippen LogP contribution in [0.3, 0.4) is 0 Å². The fraction of sp³-hybridized carbons (Fsp3) is 0.625. The van der Waals surface area contributed by atoms with E-state index in [1.54, 1.807) is 6.20 Å². The predicted octanol–water partition coefficient (Wildman–Crippen LogP) is 2.58. The minimum Gasteiger partial charge on any atom is -0.475 e. The summed E-state index contributed by atoms with van der Waals surface area (Å²) in [5, 5.41) is 6.44. The Balaban J connectivity index is 0.00000484. The molecule has 1 heterocycles. The number of hydrogen-bond acceptors (Lipinski definition) is 4. The summed E-state index contributed by atoms with van der Waals surface area (Å²) < 4.78 is 10.8. The van der Waals surface area contributed by atoms with Crippen LogP contribution in [0.5, 0.6) is 5.88 Å². The molecule has 0 saturated carbocycles. The quantitative estimate of drug-likeness (QED) is 0.270. The molecule has 0 aliphatic heterocycles. The third-order valence-corrected chi connectivity index (χ3v) is 2.66. The molecule has 23 heavy (non-hydrogen) atoms. The summed E-state index contributed by atoms with van der Waals surface area (Å²) in [5.41, 5.74) is 1.04. The molecule has 1 aromatic rings. The molecule has 2 N–H and O–H groups in total. The SMILES string of the molecule is CCNC(=NCc1ccc(OC(C)C)nc1)NCCOCC.I. The number of hydrogen-bond donors (Lipinski definition) is 2. The van der Waals surface area contributed by atoms with Gasteiger partial charge in [0.2, 0.25) is 5.88 Å². The summed E-state index contributed by atoms with van der Waals surface area (Å²) in [4.78, 5) is 8.81. The molecule has 0 bridgehead atoms. The van der Waals surface area contributed by atoms with Gasteiger partial charge < -0.3 is 20.1 Å². The Bertz CT molecular complexity index is 438. The standard InChI is InChI=1S/C16H28N4O2.HI/c1-5-17-16(18-9-10-21-6-2)20-12-14-7-8-15(19-11-14)22-13(3)4;/h7-8,11,13H,5-6,9-10,12H2,1-4H3,(H2,17,18,20);1H. The van der Waals surface area contributed by atoms with Crippen LogP contribution in [-0.4, -0.2) is 43.4 Å². The molecule has 0 saturated heterocycles. The van der Waals surface area contributed by atoms with Crippen molar-refractivity contribution in [2.45, 2.75) is 40.3 Å². The largest absolute Gasteiger partial charge is 0.475 e. The van der Waals surface area contributed by atoms with Crippen molar-refractivity contribution in [2.75, 3.05) is 26.3 Å². The molecule has 132 valence electrons. The van der Waals surface area contributed by atoms with E-state index in [9.17, 15) is 0 Å². The van der Waals surface area contributed by atoms with E-state index in [0.717, 1.165) is 31.2 Å². The first-order valence-corrected chi connectivity index (χ1v) is 7.87. The first kappa shape index (κ1) is 21.9. The maximum Gasteiger partial charge on any atom is 0.213 e. The highest BCUT2D eigenvalue weighted by atomic mass is 127. The molecule has 0 fully saturated rings. The van der Waals surface area contributed by atoms with Crippen molar-refractivity contribution in [3.63, 3.8) is 0 Å². The highest BCUT2D eigenvalue weighted by Gasteiger charge is 2.00. The Hall–Kier alpha value is -1.09. The van der Waals surface area contributed by atoms with E-state index in [1.165, 1.54) is 0 Å². The average Bonchev–Trinajstić information content (AvgIpc) is 2.50. The number of ether oxygens (including phenoxy) is 2. The van der Waals surface area contributed by atoms with E-state index < -0.39 is 0 Å². The molecule has 7 heteroatoms. The van der Waals surface area contributed by atoms with Gasteiger partial charge in [0, 0.05) is 32.0 Å². The van der Waals surface area contributed by atoms with Crippen LogP contribution in [0.1, 0.15) is 33.3 Å². The van der Waals surface area contributed by atoms with Gasteiger partial charge in [0.1, 0.15) is 0 Å². The molecule has 1 aromatic heterocycles. The molecule has 0 unspecified atom stereocenters. The second-order valence-corrected chi connectivity index (χ2v) is 4.99. The summed E-state index contributed by atoms with van der Waals surface area (Å²) >= 11 is 0. The number of aliphatic imine (C=N–C) groups is 1. The van der Waals surface area contributed by atoms with Crippen molar-refractivity contribution < 1.29 is 9.47 Å². The number of halogens is 1. The zero-order valence-corrected chi connectivity index (χ0v) is 16.8.